The van der Waals surface area contributed by atoms with E-state index in [1.165, 1.54) is 17.7 Å². The number of nitrogens with one attached hydrogen (secondary N) is 1. The number of rotatable bonds is 5. The Hall–Kier alpha value is -0.820. The van der Waals surface area contributed by atoms with Crippen molar-refractivity contribution in [3.8, 4) is 0 Å². The fourth-order valence-corrected chi connectivity index (χ4v) is 3.54. The molecule has 2 heterocycles. The van der Waals surface area contributed by atoms with Crippen LogP contribution in [-0.2, 0) is 4.79 Å². The molecule has 0 radical (unpaired) electrons. The van der Waals surface area contributed by atoms with Gasteiger partial charge in [0.1, 0.15) is 0 Å². The van der Waals surface area contributed by atoms with E-state index in [0.717, 1.165) is 25.9 Å². The number of carbonyl (C=O) groups excluding carboxylic acids is 1. The summed E-state index contributed by atoms with van der Waals surface area (Å²) in [5, 5.41) is 3.32. The van der Waals surface area contributed by atoms with Crippen LogP contribution < -0.4 is 5.32 Å². The van der Waals surface area contributed by atoms with Crippen LogP contribution in [0.5, 0.6) is 0 Å². The maximum absolute atomic E-state index is 12.4. The van der Waals surface area contributed by atoms with Gasteiger partial charge in [-0.2, -0.15) is 13.2 Å². The zero-order valence-corrected chi connectivity index (χ0v) is 13.9. The Morgan fingerprint density at radius 1 is 1.17 bits per heavy atom. The Labute approximate surface area is 136 Å². The molecule has 1 N–H and O–H groups in total. The predicted octanol–water partition coefficient (Wildman–Crippen LogP) is 2.39. The van der Waals surface area contributed by atoms with Crippen LogP contribution >= 0.6 is 0 Å². The molecular formula is C16H28F3N3O. The number of likely N-dealkylation sites (tertiary alicyclic amines) is 2. The molecule has 1 amide bonds. The Morgan fingerprint density at radius 2 is 1.83 bits per heavy atom. The molecule has 0 aromatic rings. The fourth-order valence-electron chi connectivity index (χ4n) is 3.54. The summed E-state index contributed by atoms with van der Waals surface area (Å²) in [4.78, 5) is 15.7. The standard InChI is InChI=1S/C16H28F3N3O/c1-13(10-15(23)22-7-4-2-3-5-8-22)20-14-6-9-21(11-14)12-16(17,18)19/h13-14,20H,2-12H2,1H3/t13-,14+/m1/s1. The molecule has 2 saturated heterocycles. The summed E-state index contributed by atoms with van der Waals surface area (Å²) in [7, 11) is 0. The van der Waals surface area contributed by atoms with Gasteiger partial charge in [-0.1, -0.05) is 12.8 Å². The lowest BCUT2D eigenvalue weighted by atomic mass is 10.1. The first-order valence-electron chi connectivity index (χ1n) is 8.66. The molecule has 0 unspecified atom stereocenters. The largest absolute Gasteiger partial charge is 0.401 e. The van der Waals surface area contributed by atoms with Gasteiger partial charge in [0.2, 0.25) is 5.91 Å². The van der Waals surface area contributed by atoms with Gasteiger partial charge < -0.3 is 10.2 Å². The van der Waals surface area contributed by atoms with Crippen molar-refractivity contribution in [1.29, 1.82) is 0 Å². The van der Waals surface area contributed by atoms with Crippen LogP contribution in [0, 0.1) is 0 Å². The quantitative estimate of drug-likeness (QED) is 0.838. The van der Waals surface area contributed by atoms with Crippen LogP contribution in [0.3, 0.4) is 0 Å². The number of nitrogens with zero attached hydrogens (tertiary/aromatic N) is 2. The third-order valence-corrected chi connectivity index (χ3v) is 4.64. The molecule has 23 heavy (non-hydrogen) atoms. The van der Waals surface area contributed by atoms with Gasteiger partial charge in [-0.25, -0.2) is 0 Å². The topological polar surface area (TPSA) is 35.6 Å². The Kier molecular flexibility index (Phi) is 6.71. The second kappa shape index (κ2) is 8.33. The Morgan fingerprint density at radius 3 is 2.43 bits per heavy atom. The first kappa shape index (κ1) is 18.5. The molecule has 0 aromatic carbocycles. The van der Waals surface area contributed by atoms with E-state index in [0.29, 0.717) is 25.9 Å². The van der Waals surface area contributed by atoms with Crippen LogP contribution in [0.15, 0.2) is 0 Å². The van der Waals surface area contributed by atoms with E-state index < -0.39 is 12.7 Å². The van der Waals surface area contributed by atoms with Crippen LogP contribution in [0.4, 0.5) is 13.2 Å². The maximum atomic E-state index is 12.4. The van der Waals surface area contributed by atoms with Crippen molar-refractivity contribution in [2.24, 2.45) is 0 Å². The number of hydrogen-bond acceptors (Lipinski definition) is 3. The summed E-state index contributed by atoms with van der Waals surface area (Å²) < 4.78 is 37.2. The molecule has 2 aliphatic rings. The number of alkyl halides is 3. The lowest BCUT2D eigenvalue weighted by Crippen LogP contribution is -2.43. The number of amides is 1. The Balaban J connectivity index is 1.70. The minimum Gasteiger partial charge on any atom is -0.343 e. The van der Waals surface area contributed by atoms with E-state index in [1.807, 2.05) is 11.8 Å². The highest BCUT2D eigenvalue weighted by Gasteiger charge is 2.34. The second-order valence-electron chi connectivity index (χ2n) is 6.90. The van der Waals surface area contributed by atoms with Gasteiger partial charge in [-0.05, 0) is 26.2 Å². The zero-order valence-electron chi connectivity index (χ0n) is 13.9. The highest BCUT2D eigenvalue weighted by Crippen LogP contribution is 2.20. The molecule has 0 aromatic heterocycles. The van der Waals surface area contributed by atoms with Crippen molar-refractivity contribution >= 4 is 5.91 Å². The minimum absolute atomic E-state index is 0.00147. The summed E-state index contributed by atoms with van der Waals surface area (Å²) in [6.45, 7) is 3.66. The van der Waals surface area contributed by atoms with Gasteiger partial charge in [-0.3, -0.25) is 9.69 Å². The molecule has 2 rings (SSSR count). The van der Waals surface area contributed by atoms with Crippen molar-refractivity contribution in [1.82, 2.24) is 15.1 Å². The first-order valence-corrected chi connectivity index (χ1v) is 8.66. The van der Waals surface area contributed by atoms with E-state index >= 15 is 0 Å². The molecule has 2 aliphatic heterocycles. The third kappa shape index (κ3) is 6.67. The lowest BCUT2D eigenvalue weighted by Gasteiger charge is -2.25. The molecule has 0 saturated carbocycles. The van der Waals surface area contributed by atoms with Crippen LogP contribution in [0.1, 0.15) is 45.4 Å². The molecule has 0 bridgehead atoms. The second-order valence-corrected chi connectivity index (χ2v) is 6.90. The van der Waals surface area contributed by atoms with Gasteiger partial charge in [0, 0.05) is 44.7 Å². The third-order valence-electron chi connectivity index (χ3n) is 4.64. The van der Waals surface area contributed by atoms with E-state index in [9.17, 15) is 18.0 Å². The Bertz CT molecular complexity index is 381. The van der Waals surface area contributed by atoms with Gasteiger partial charge >= 0.3 is 6.18 Å². The highest BCUT2D eigenvalue weighted by atomic mass is 19.4. The molecule has 0 spiro atoms. The number of halogens is 3. The molecule has 2 fully saturated rings. The van der Waals surface area contributed by atoms with Crippen molar-refractivity contribution in [3.05, 3.63) is 0 Å². The monoisotopic (exact) mass is 335 g/mol. The van der Waals surface area contributed by atoms with Gasteiger partial charge in [0.25, 0.3) is 0 Å². The van der Waals surface area contributed by atoms with Crippen molar-refractivity contribution in [3.63, 3.8) is 0 Å². The summed E-state index contributed by atoms with van der Waals surface area (Å²) in [6, 6.07) is 0.0471. The molecule has 2 atom stereocenters. The van der Waals surface area contributed by atoms with Crippen LogP contribution in [0.25, 0.3) is 0 Å². The molecule has 7 heteroatoms. The van der Waals surface area contributed by atoms with E-state index in [4.69, 9.17) is 0 Å². The normalized spacial score (nSPS) is 25.4. The smallest absolute Gasteiger partial charge is 0.343 e. The minimum atomic E-state index is -4.14. The van der Waals surface area contributed by atoms with Crippen LogP contribution in [-0.4, -0.2) is 66.7 Å². The average molecular weight is 335 g/mol. The van der Waals surface area contributed by atoms with Crippen LogP contribution in [0.2, 0.25) is 0 Å². The SMILES string of the molecule is C[C@H](CC(=O)N1CCCCCC1)N[C@H]1CCN(CC(F)(F)F)C1. The summed E-state index contributed by atoms with van der Waals surface area (Å²) in [5.74, 6) is 0.164. The first-order chi connectivity index (χ1) is 10.8. The fraction of sp³-hybridized carbons (Fsp3) is 0.938. The molecule has 4 nitrogen and oxygen atoms in total. The predicted molar refractivity (Wildman–Crippen MR) is 83.2 cm³/mol. The van der Waals surface area contributed by atoms with E-state index in [1.54, 1.807) is 0 Å². The maximum Gasteiger partial charge on any atom is 0.401 e. The summed E-state index contributed by atoms with van der Waals surface area (Å²) in [5.41, 5.74) is 0. The summed E-state index contributed by atoms with van der Waals surface area (Å²) >= 11 is 0. The number of carbonyl (C=O) groups is 1. The molecular weight excluding hydrogens is 307 g/mol. The van der Waals surface area contributed by atoms with Gasteiger partial charge in [0.15, 0.2) is 0 Å². The van der Waals surface area contributed by atoms with Gasteiger partial charge in [0.05, 0.1) is 6.54 Å². The molecule has 134 valence electrons. The number of hydrogen-bond donors (Lipinski definition) is 1. The van der Waals surface area contributed by atoms with E-state index in [-0.39, 0.29) is 18.0 Å². The van der Waals surface area contributed by atoms with E-state index in [2.05, 4.69) is 5.32 Å². The lowest BCUT2D eigenvalue weighted by molar-refractivity contribution is -0.143. The van der Waals surface area contributed by atoms with Crippen molar-refractivity contribution in [2.45, 2.75) is 63.7 Å². The highest BCUT2D eigenvalue weighted by molar-refractivity contribution is 5.76. The average Bonchev–Trinajstić information content (AvgIpc) is 2.71. The van der Waals surface area contributed by atoms with Gasteiger partial charge in [-0.15, -0.1) is 0 Å². The summed E-state index contributed by atoms with van der Waals surface area (Å²) in [6.07, 6.45) is 1.52. The van der Waals surface area contributed by atoms with Crippen molar-refractivity contribution < 1.29 is 18.0 Å². The van der Waals surface area contributed by atoms with Crippen molar-refractivity contribution in [2.75, 3.05) is 32.7 Å². The molecule has 0 aliphatic carbocycles. The zero-order chi connectivity index (χ0) is 16.9.